The Morgan fingerprint density at radius 2 is 2.00 bits per heavy atom. The van der Waals surface area contributed by atoms with Crippen LogP contribution in [0.5, 0.6) is 0 Å². The fourth-order valence-corrected chi connectivity index (χ4v) is 4.33. The van der Waals surface area contributed by atoms with E-state index in [1.807, 2.05) is 11.9 Å². The van der Waals surface area contributed by atoms with Crippen LogP contribution >= 0.6 is 0 Å². The van der Waals surface area contributed by atoms with Gasteiger partial charge in [0.05, 0.1) is 11.7 Å². The lowest BCUT2D eigenvalue weighted by Gasteiger charge is -2.30. The lowest BCUT2D eigenvalue weighted by molar-refractivity contribution is -0.139. The molecule has 0 bridgehead atoms. The predicted octanol–water partition coefficient (Wildman–Crippen LogP) is 5.15. The molecule has 0 saturated heterocycles. The molecule has 0 spiro atoms. The lowest BCUT2D eigenvalue weighted by atomic mass is 10.0. The number of rotatable bonds is 12. The van der Waals surface area contributed by atoms with Gasteiger partial charge in [0.1, 0.15) is 5.56 Å². The summed E-state index contributed by atoms with van der Waals surface area (Å²) in [5, 5.41) is 6.03. The molecule has 2 unspecified atom stereocenters. The second-order valence-corrected chi connectivity index (χ2v) is 8.78. The molecular formula is C23H37F3N4O. The summed E-state index contributed by atoms with van der Waals surface area (Å²) in [5.41, 5.74) is -0.783. The van der Waals surface area contributed by atoms with Gasteiger partial charge >= 0.3 is 6.18 Å². The van der Waals surface area contributed by atoms with E-state index in [9.17, 15) is 18.0 Å². The first-order valence-electron chi connectivity index (χ1n) is 11.4. The topological polar surface area (TPSA) is 52.2 Å². The zero-order valence-corrected chi connectivity index (χ0v) is 19.3. The number of nitrogens with one attached hydrogen (secondary N) is 1. The Morgan fingerprint density at radius 1 is 1.29 bits per heavy atom. The van der Waals surface area contributed by atoms with Crippen molar-refractivity contribution in [3.63, 3.8) is 0 Å². The van der Waals surface area contributed by atoms with Crippen LogP contribution in [0.25, 0.3) is 0 Å². The minimum Gasteiger partial charge on any atom is -0.375 e. The maximum absolute atomic E-state index is 13.3. The van der Waals surface area contributed by atoms with Gasteiger partial charge < -0.3 is 4.90 Å². The van der Waals surface area contributed by atoms with Gasteiger partial charge in [-0.15, -0.1) is 0 Å². The lowest BCUT2D eigenvalue weighted by Crippen LogP contribution is -2.31. The number of halogens is 3. The molecule has 0 saturated carbocycles. The molecule has 0 aromatic carbocycles. The Hall–Kier alpha value is -1.83. The third kappa shape index (κ3) is 6.57. The molecule has 8 heteroatoms. The van der Waals surface area contributed by atoms with Gasteiger partial charge in [-0.3, -0.25) is 9.69 Å². The molecule has 31 heavy (non-hydrogen) atoms. The summed E-state index contributed by atoms with van der Waals surface area (Å²) in [5.74, 6) is 0.728. The van der Waals surface area contributed by atoms with Crippen molar-refractivity contribution in [1.29, 1.82) is 0 Å². The fraction of sp³-hybridized carbons (Fsp3) is 0.739. The molecule has 1 aromatic rings. The standard InChI is InChI=1S/C23H37F3N4O/c1-6-13-30(14-8-9-16(3)7-2)17(4)12-15-29(5)19-11-10-18-20(23(24,25)26)22(31)28-27-21(18)19/h16,19H,4,6-15H2,1-3,5H3,(H,28,31). The Balaban J connectivity index is 1.99. The Bertz CT molecular complexity index is 790. The molecule has 1 heterocycles. The highest BCUT2D eigenvalue weighted by Crippen LogP contribution is 2.39. The number of nitrogens with zero attached hydrogens (tertiary/aromatic N) is 3. The van der Waals surface area contributed by atoms with E-state index in [0.29, 0.717) is 18.7 Å². The third-order valence-corrected chi connectivity index (χ3v) is 6.43. The van der Waals surface area contributed by atoms with Crippen molar-refractivity contribution in [2.45, 2.75) is 77.9 Å². The van der Waals surface area contributed by atoms with Gasteiger partial charge in [0, 0.05) is 25.3 Å². The number of aromatic nitrogens is 2. The molecule has 176 valence electrons. The van der Waals surface area contributed by atoms with Crippen LogP contribution in [0.4, 0.5) is 13.2 Å². The first-order chi connectivity index (χ1) is 14.6. The van der Waals surface area contributed by atoms with E-state index in [4.69, 9.17) is 0 Å². The van der Waals surface area contributed by atoms with Gasteiger partial charge in [0.2, 0.25) is 0 Å². The van der Waals surface area contributed by atoms with Crippen molar-refractivity contribution in [3.05, 3.63) is 39.5 Å². The van der Waals surface area contributed by atoms with Crippen molar-refractivity contribution in [2.75, 3.05) is 26.7 Å². The van der Waals surface area contributed by atoms with E-state index in [0.717, 1.165) is 44.0 Å². The van der Waals surface area contributed by atoms with Crippen molar-refractivity contribution >= 4 is 0 Å². The van der Waals surface area contributed by atoms with Gasteiger partial charge in [-0.2, -0.15) is 18.3 Å². The van der Waals surface area contributed by atoms with Crippen LogP contribution in [-0.2, 0) is 12.6 Å². The Labute approximate surface area is 183 Å². The second-order valence-electron chi connectivity index (χ2n) is 8.78. The summed E-state index contributed by atoms with van der Waals surface area (Å²) in [4.78, 5) is 16.1. The highest BCUT2D eigenvalue weighted by Gasteiger charge is 2.41. The molecule has 1 aromatic heterocycles. The van der Waals surface area contributed by atoms with Gasteiger partial charge in [-0.1, -0.05) is 33.8 Å². The molecule has 1 aliphatic carbocycles. The van der Waals surface area contributed by atoms with Crippen molar-refractivity contribution in [2.24, 2.45) is 5.92 Å². The van der Waals surface area contributed by atoms with Gasteiger partial charge in [0.15, 0.2) is 0 Å². The molecule has 1 aliphatic rings. The maximum atomic E-state index is 13.3. The van der Waals surface area contributed by atoms with E-state index >= 15 is 0 Å². The third-order valence-electron chi connectivity index (χ3n) is 6.43. The van der Waals surface area contributed by atoms with Gasteiger partial charge in [-0.25, -0.2) is 5.10 Å². The van der Waals surface area contributed by atoms with Gasteiger partial charge in [0.25, 0.3) is 5.56 Å². The highest BCUT2D eigenvalue weighted by molar-refractivity contribution is 5.36. The summed E-state index contributed by atoms with van der Waals surface area (Å²) in [6.45, 7) is 13.6. The first kappa shape index (κ1) is 25.4. The van der Waals surface area contributed by atoms with E-state index in [2.05, 4.69) is 42.4 Å². The minimum absolute atomic E-state index is 0.0459. The second kappa shape index (κ2) is 11.2. The molecule has 0 fully saturated rings. The smallest absolute Gasteiger partial charge is 0.375 e. The fourth-order valence-electron chi connectivity index (χ4n) is 4.33. The quantitative estimate of drug-likeness (QED) is 0.486. The molecule has 0 radical (unpaired) electrons. The van der Waals surface area contributed by atoms with Crippen LogP contribution in [0.15, 0.2) is 17.1 Å². The molecule has 2 atom stereocenters. The van der Waals surface area contributed by atoms with E-state index < -0.39 is 17.3 Å². The normalized spacial score (nSPS) is 17.1. The van der Waals surface area contributed by atoms with E-state index in [1.54, 1.807) is 0 Å². The highest BCUT2D eigenvalue weighted by atomic mass is 19.4. The Kier molecular flexibility index (Phi) is 9.15. The molecule has 5 nitrogen and oxygen atoms in total. The number of hydrogen-bond donors (Lipinski definition) is 1. The number of fused-ring (bicyclic) bond motifs is 1. The monoisotopic (exact) mass is 442 g/mol. The van der Waals surface area contributed by atoms with E-state index in [1.165, 1.54) is 12.8 Å². The van der Waals surface area contributed by atoms with Crippen LogP contribution in [0.1, 0.15) is 82.2 Å². The number of aromatic amines is 1. The largest absolute Gasteiger partial charge is 0.422 e. The first-order valence-corrected chi connectivity index (χ1v) is 11.4. The van der Waals surface area contributed by atoms with Crippen LogP contribution in [0.2, 0.25) is 0 Å². The van der Waals surface area contributed by atoms with Crippen molar-refractivity contribution < 1.29 is 13.2 Å². The van der Waals surface area contributed by atoms with Crippen LogP contribution in [0.3, 0.4) is 0 Å². The van der Waals surface area contributed by atoms with Crippen LogP contribution in [0, 0.1) is 5.92 Å². The molecule has 2 rings (SSSR count). The van der Waals surface area contributed by atoms with E-state index in [-0.39, 0.29) is 18.0 Å². The van der Waals surface area contributed by atoms with Gasteiger partial charge in [-0.05, 0) is 57.1 Å². The number of hydrogen-bond acceptors (Lipinski definition) is 4. The number of H-pyrrole nitrogens is 1. The van der Waals surface area contributed by atoms with Crippen LogP contribution in [-0.4, -0.2) is 46.7 Å². The van der Waals surface area contributed by atoms with Crippen molar-refractivity contribution in [3.8, 4) is 0 Å². The molecular weight excluding hydrogens is 405 g/mol. The molecule has 1 N–H and O–H groups in total. The van der Waals surface area contributed by atoms with Crippen LogP contribution < -0.4 is 5.56 Å². The SMILES string of the molecule is C=C(CCN(C)C1CCc2c1n[nH]c(=O)c2C(F)(F)F)N(CCC)CCCC(C)CC. The summed E-state index contributed by atoms with van der Waals surface area (Å²) < 4.78 is 40.0. The summed E-state index contributed by atoms with van der Waals surface area (Å²) >= 11 is 0. The zero-order valence-electron chi connectivity index (χ0n) is 19.3. The molecule has 0 amide bonds. The predicted molar refractivity (Wildman–Crippen MR) is 118 cm³/mol. The Morgan fingerprint density at radius 3 is 2.61 bits per heavy atom. The summed E-state index contributed by atoms with van der Waals surface area (Å²) in [6, 6.07) is -0.231. The van der Waals surface area contributed by atoms with Crippen molar-refractivity contribution in [1.82, 2.24) is 20.0 Å². The molecule has 0 aliphatic heterocycles. The number of alkyl halides is 3. The summed E-state index contributed by atoms with van der Waals surface area (Å²) in [6.07, 6.45) is 1.41. The summed E-state index contributed by atoms with van der Waals surface area (Å²) in [7, 11) is 1.90. The minimum atomic E-state index is -4.67. The maximum Gasteiger partial charge on any atom is 0.422 e. The zero-order chi connectivity index (χ0) is 23.2. The average molecular weight is 443 g/mol. The average Bonchev–Trinajstić information content (AvgIpc) is 3.13.